The molecule has 0 heterocycles. The van der Waals surface area contributed by atoms with Crippen LogP contribution in [-0.2, 0) is 0 Å². The van der Waals surface area contributed by atoms with Crippen LogP contribution in [0.25, 0.3) is 12.2 Å². The summed E-state index contributed by atoms with van der Waals surface area (Å²) in [5.74, 6) is 0. The Morgan fingerprint density at radius 1 is 0.650 bits per heavy atom. The van der Waals surface area contributed by atoms with Gasteiger partial charge in [-0.15, -0.1) is 0 Å². The molecule has 0 aliphatic carbocycles. The molecular weight excluding hydrogens is 244 g/mol. The van der Waals surface area contributed by atoms with Crippen molar-refractivity contribution in [3.05, 3.63) is 96.1 Å². The molecule has 2 rings (SSSR count). The van der Waals surface area contributed by atoms with E-state index in [4.69, 9.17) is 0 Å². The number of hydrogen-bond donors (Lipinski definition) is 1. The minimum atomic E-state index is -0.573. The molecule has 0 aliphatic heterocycles. The predicted octanol–water partition coefficient (Wildman–Crippen LogP) is 4.33. The lowest BCUT2D eigenvalue weighted by Crippen LogP contribution is -1.94. The Hall–Kier alpha value is -2.38. The van der Waals surface area contributed by atoms with E-state index in [1.165, 1.54) is 0 Å². The van der Waals surface area contributed by atoms with Gasteiger partial charge in [0.15, 0.2) is 0 Å². The second-order valence-electron chi connectivity index (χ2n) is 4.42. The predicted molar refractivity (Wildman–Crippen MR) is 86.1 cm³/mol. The first-order valence-corrected chi connectivity index (χ1v) is 6.66. The Kier molecular flexibility index (Phi) is 5.56. The number of allylic oxidation sites excluding steroid dienone is 2. The molecule has 2 aromatic rings. The van der Waals surface area contributed by atoms with Gasteiger partial charge in [0, 0.05) is 0 Å². The van der Waals surface area contributed by atoms with Gasteiger partial charge in [0.05, 0.1) is 6.10 Å². The SMILES string of the molecule is OC(/C=C/C=C/c1ccccc1)/C=C/c1ccccc1. The second-order valence-corrected chi connectivity index (χ2v) is 4.42. The summed E-state index contributed by atoms with van der Waals surface area (Å²) in [5, 5.41) is 9.80. The minimum Gasteiger partial charge on any atom is -0.385 e. The van der Waals surface area contributed by atoms with Gasteiger partial charge in [-0.1, -0.05) is 97.1 Å². The van der Waals surface area contributed by atoms with E-state index in [1.54, 1.807) is 12.2 Å². The number of hydrogen-bond acceptors (Lipinski definition) is 1. The summed E-state index contributed by atoms with van der Waals surface area (Å²) in [6.45, 7) is 0. The van der Waals surface area contributed by atoms with E-state index < -0.39 is 6.10 Å². The third kappa shape index (κ3) is 5.09. The van der Waals surface area contributed by atoms with Gasteiger partial charge in [-0.3, -0.25) is 0 Å². The lowest BCUT2D eigenvalue weighted by Gasteiger charge is -1.96. The molecule has 0 aromatic heterocycles. The Balaban J connectivity index is 1.85. The molecule has 0 aliphatic rings. The zero-order chi connectivity index (χ0) is 14.0. The van der Waals surface area contributed by atoms with Crippen LogP contribution in [0.5, 0.6) is 0 Å². The van der Waals surface area contributed by atoms with Crippen molar-refractivity contribution in [2.24, 2.45) is 0 Å². The van der Waals surface area contributed by atoms with Crippen LogP contribution in [0.1, 0.15) is 11.1 Å². The van der Waals surface area contributed by atoms with Crippen molar-refractivity contribution in [2.45, 2.75) is 6.10 Å². The number of benzene rings is 2. The summed E-state index contributed by atoms with van der Waals surface area (Å²) < 4.78 is 0. The summed E-state index contributed by atoms with van der Waals surface area (Å²) in [4.78, 5) is 0. The smallest absolute Gasteiger partial charge is 0.0908 e. The van der Waals surface area contributed by atoms with Crippen molar-refractivity contribution in [1.82, 2.24) is 0 Å². The average molecular weight is 262 g/mol. The maximum absolute atomic E-state index is 9.80. The molecule has 100 valence electrons. The van der Waals surface area contributed by atoms with Crippen molar-refractivity contribution < 1.29 is 5.11 Å². The summed E-state index contributed by atoms with van der Waals surface area (Å²) in [7, 11) is 0. The lowest BCUT2D eigenvalue weighted by molar-refractivity contribution is 0.272. The molecule has 0 fully saturated rings. The summed E-state index contributed by atoms with van der Waals surface area (Å²) in [6.07, 6.45) is 10.6. The van der Waals surface area contributed by atoms with Crippen molar-refractivity contribution in [1.29, 1.82) is 0 Å². The first-order chi connectivity index (χ1) is 9.84. The Bertz CT molecular complexity index is 580. The molecule has 1 atom stereocenters. The van der Waals surface area contributed by atoms with E-state index in [2.05, 4.69) is 0 Å². The normalized spacial score (nSPS) is 13.4. The van der Waals surface area contributed by atoms with Gasteiger partial charge in [-0.2, -0.15) is 0 Å². The highest BCUT2D eigenvalue weighted by atomic mass is 16.3. The second kappa shape index (κ2) is 7.93. The Labute approximate surface area is 120 Å². The first kappa shape index (κ1) is 14.0. The maximum Gasteiger partial charge on any atom is 0.0908 e. The Morgan fingerprint density at radius 2 is 1.20 bits per heavy atom. The van der Waals surface area contributed by atoms with E-state index in [1.807, 2.05) is 85.0 Å². The Morgan fingerprint density at radius 3 is 1.80 bits per heavy atom. The van der Waals surface area contributed by atoms with Crippen LogP contribution >= 0.6 is 0 Å². The fourth-order valence-electron chi connectivity index (χ4n) is 1.75. The molecule has 0 bridgehead atoms. The number of aliphatic hydroxyl groups is 1. The van der Waals surface area contributed by atoms with E-state index in [0.29, 0.717) is 0 Å². The molecule has 0 amide bonds. The summed E-state index contributed by atoms with van der Waals surface area (Å²) in [6, 6.07) is 20.0. The lowest BCUT2D eigenvalue weighted by atomic mass is 10.2. The number of rotatable bonds is 5. The highest BCUT2D eigenvalue weighted by Crippen LogP contribution is 2.04. The fraction of sp³-hybridized carbons (Fsp3) is 0.0526. The largest absolute Gasteiger partial charge is 0.385 e. The fourth-order valence-corrected chi connectivity index (χ4v) is 1.75. The third-order valence-electron chi connectivity index (χ3n) is 2.79. The van der Waals surface area contributed by atoms with Crippen LogP contribution in [0, 0.1) is 0 Å². The summed E-state index contributed by atoms with van der Waals surface area (Å²) in [5.41, 5.74) is 2.23. The van der Waals surface area contributed by atoms with Crippen LogP contribution in [0.4, 0.5) is 0 Å². The molecule has 0 radical (unpaired) electrons. The average Bonchev–Trinajstić information content (AvgIpc) is 2.52. The van der Waals surface area contributed by atoms with Crippen molar-refractivity contribution in [2.75, 3.05) is 0 Å². The van der Waals surface area contributed by atoms with Crippen LogP contribution in [0.2, 0.25) is 0 Å². The van der Waals surface area contributed by atoms with Crippen molar-refractivity contribution in [3.8, 4) is 0 Å². The van der Waals surface area contributed by atoms with E-state index in [0.717, 1.165) is 11.1 Å². The van der Waals surface area contributed by atoms with Crippen LogP contribution in [0.15, 0.2) is 85.0 Å². The standard InChI is InChI=1S/C19H18O/c20-19(16-15-18-11-5-2-6-12-18)14-8-7-13-17-9-3-1-4-10-17/h1-16,19-20H/b13-7+,14-8+,16-15+. The molecule has 0 saturated heterocycles. The van der Waals surface area contributed by atoms with E-state index in [9.17, 15) is 5.11 Å². The zero-order valence-corrected chi connectivity index (χ0v) is 11.3. The zero-order valence-electron chi connectivity index (χ0n) is 11.3. The monoisotopic (exact) mass is 262 g/mol. The van der Waals surface area contributed by atoms with Gasteiger partial charge in [-0.05, 0) is 11.1 Å². The third-order valence-corrected chi connectivity index (χ3v) is 2.79. The van der Waals surface area contributed by atoms with E-state index >= 15 is 0 Å². The highest BCUT2D eigenvalue weighted by Gasteiger charge is 1.90. The molecule has 1 N–H and O–H groups in total. The first-order valence-electron chi connectivity index (χ1n) is 6.66. The van der Waals surface area contributed by atoms with Gasteiger partial charge in [-0.25, -0.2) is 0 Å². The molecule has 1 nitrogen and oxygen atoms in total. The molecule has 0 saturated carbocycles. The molecule has 0 spiro atoms. The van der Waals surface area contributed by atoms with E-state index in [-0.39, 0.29) is 0 Å². The van der Waals surface area contributed by atoms with Crippen molar-refractivity contribution in [3.63, 3.8) is 0 Å². The van der Waals surface area contributed by atoms with Crippen molar-refractivity contribution >= 4 is 12.2 Å². The van der Waals surface area contributed by atoms with Crippen LogP contribution in [-0.4, -0.2) is 11.2 Å². The van der Waals surface area contributed by atoms with Crippen LogP contribution < -0.4 is 0 Å². The van der Waals surface area contributed by atoms with Crippen LogP contribution in [0.3, 0.4) is 0 Å². The van der Waals surface area contributed by atoms with Gasteiger partial charge in [0.1, 0.15) is 0 Å². The molecule has 1 heteroatoms. The highest BCUT2D eigenvalue weighted by molar-refractivity contribution is 5.51. The van der Waals surface area contributed by atoms with Gasteiger partial charge >= 0.3 is 0 Å². The minimum absolute atomic E-state index is 0.573. The molecule has 1 unspecified atom stereocenters. The topological polar surface area (TPSA) is 20.2 Å². The van der Waals surface area contributed by atoms with Gasteiger partial charge < -0.3 is 5.11 Å². The summed E-state index contributed by atoms with van der Waals surface area (Å²) >= 11 is 0. The molecule has 20 heavy (non-hydrogen) atoms. The molecular formula is C19H18O. The van der Waals surface area contributed by atoms with Gasteiger partial charge in [0.2, 0.25) is 0 Å². The quantitative estimate of drug-likeness (QED) is 0.795. The number of aliphatic hydroxyl groups excluding tert-OH is 1. The molecule has 2 aromatic carbocycles. The maximum atomic E-state index is 9.80. The van der Waals surface area contributed by atoms with Gasteiger partial charge in [0.25, 0.3) is 0 Å².